The Kier molecular flexibility index (Phi) is 2.16. The van der Waals surface area contributed by atoms with Gasteiger partial charge in [-0.1, -0.05) is 0 Å². The van der Waals surface area contributed by atoms with Crippen LogP contribution in [0.25, 0.3) is 0 Å². The normalized spacial score (nSPS) is 18.5. The first kappa shape index (κ1) is 10.6. The zero-order chi connectivity index (χ0) is 11.9. The van der Waals surface area contributed by atoms with Gasteiger partial charge in [0.15, 0.2) is 0 Å². The average Bonchev–Trinajstić information content (AvgIpc) is 2.39. The molecule has 16 heavy (non-hydrogen) atoms. The molecule has 0 bridgehead atoms. The number of carbonyl (C=O) groups excluding carboxylic acids is 1. The van der Waals surface area contributed by atoms with Crippen molar-refractivity contribution in [3.63, 3.8) is 0 Å². The number of nitrogens with one attached hydrogen (secondary N) is 1. The standard InChI is InChI=1S/C8H10N4O3S/c9-5-1-2-7(6(10)3-5)12-4-8(13)11-16(12,14)15/h1-3H,4,9-10H2,(H,11,13). The molecule has 2 rings (SSSR count). The minimum atomic E-state index is -3.81. The van der Waals surface area contributed by atoms with Gasteiger partial charge in [-0.25, -0.2) is 9.03 Å². The number of anilines is 3. The van der Waals surface area contributed by atoms with Crippen molar-refractivity contribution in [3.8, 4) is 0 Å². The number of nitrogens with two attached hydrogens (primary N) is 2. The van der Waals surface area contributed by atoms with Crippen molar-refractivity contribution in [2.45, 2.75) is 0 Å². The van der Waals surface area contributed by atoms with Crippen LogP contribution in [0.1, 0.15) is 0 Å². The Bertz CT molecular complexity index is 554. The molecule has 7 nitrogen and oxygen atoms in total. The zero-order valence-electron chi connectivity index (χ0n) is 8.17. The number of benzene rings is 1. The number of carbonyl (C=O) groups is 1. The second kappa shape index (κ2) is 3.27. The fourth-order valence-electron chi connectivity index (χ4n) is 1.46. The van der Waals surface area contributed by atoms with Crippen LogP contribution in [-0.4, -0.2) is 20.9 Å². The summed E-state index contributed by atoms with van der Waals surface area (Å²) in [5.74, 6) is -0.587. The Hall–Kier alpha value is -1.96. The molecule has 0 aromatic heterocycles. The van der Waals surface area contributed by atoms with E-state index in [1.54, 1.807) is 0 Å². The quantitative estimate of drug-likeness (QED) is 0.547. The van der Waals surface area contributed by atoms with Crippen LogP contribution in [0.4, 0.5) is 17.1 Å². The number of nitrogen functional groups attached to an aromatic ring is 2. The molecule has 0 aliphatic carbocycles. The highest BCUT2D eigenvalue weighted by Crippen LogP contribution is 2.28. The Morgan fingerprint density at radius 1 is 1.31 bits per heavy atom. The molecule has 1 aliphatic rings. The third-order valence-corrected chi connectivity index (χ3v) is 3.53. The lowest BCUT2D eigenvalue weighted by Crippen LogP contribution is -2.30. The van der Waals surface area contributed by atoms with Gasteiger partial charge in [0.05, 0.1) is 11.4 Å². The summed E-state index contributed by atoms with van der Waals surface area (Å²) in [6.07, 6.45) is 0. The number of hydrogen-bond acceptors (Lipinski definition) is 5. The second-order valence-electron chi connectivity index (χ2n) is 3.36. The first-order chi connectivity index (χ1) is 7.40. The lowest BCUT2D eigenvalue weighted by Gasteiger charge is -2.16. The fraction of sp³-hybridized carbons (Fsp3) is 0.125. The van der Waals surface area contributed by atoms with Crippen LogP contribution in [0.3, 0.4) is 0 Å². The molecule has 1 aromatic carbocycles. The van der Waals surface area contributed by atoms with Gasteiger partial charge < -0.3 is 11.5 Å². The lowest BCUT2D eigenvalue weighted by atomic mass is 10.2. The van der Waals surface area contributed by atoms with Gasteiger partial charge in [-0.05, 0) is 18.2 Å². The highest BCUT2D eigenvalue weighted by molar-refractivity contribution is 7.92. The molecular formula is C8H10N4O3S. The van der Waals surface area contributed by atoms with E-state index in [4.69, 9.17) is 11.5 Å². The highest BCUT2D eigenvalue weighted by Gasteiger charge is 2.34. The first-order valence-corrected chi connectivity index (χ1v) is 5.82. The maximum atomic E-state index is 11.5. The van der Waals surface area contributed by atoms with Gasteiger partial charge in [0.1, 0.15) is 6.54 Å². The molecule has 5 N–H and O–H groups in total. The topological polar surface area (TPSA) is 119 Å². The molecule has 0 unspecified atom stereocenters. The zero-order valence-corrected chi connectivity index (χ0v) is 8.99. The monoisotopic (exact) mass is 242 g/mol. The third kappa shape index (κ3) is 1.63. The first-order valence-electron chi connectivity index (χ1n) is 4.38. The summed E-state index contributed by atoms with van der Waals surface area (Å²) >= 11 is 0. The number of rotatable bonds is 1. The summed E-state index contributed by atoms with van der Waals surface area (Å²) in [7, 11) is -3.81. The van der Waals surface area contributed by atoms with Crippen molar-refractivity contribution < 1.29 is 13.2 Å². The van der Waals surface area contributed by atoms with E-state index in [1.165, 1.54) is 18.2 Å². The maximum Gasteiger partial charge on any atom is 0.326 e. The van der Waals surface area contributed by atoms with Crippen LogP contribution in [0.15, 0.2) is 18.2 Å². The van der Waals surface area contributed by atoms with Crippen molar-refractivity contribution in [1.82, 2.24) is 4.72 Å². The Morgan fingerprint density at radius 3 is 2.50 bits per heavy atom. The molecule has 1 aromatic rings. The molecule has 86 valence electrons. The fourth-order valence-corrected chi connectivity index (χ4v) is 2.64. The van der Waals surface area contributed by atoms with Gasteiger partial charge in [0.2, 0.25) is 0 Å². The maximum absolute atomic E-state index is 11.5. The van der Waals surface area contributed by atoms with Gasteiger partial charge in [0.25, 0.3) is 5.91 Å². The Labute approximate surface area is 92.2 Å². The second-order valence-corrected chi connectivity index (χ2v) is 4.95. The summed E-state index contributed by atoms with van der Waals surface area (Å²) < 4.78 is 25.8. The van der Waals surface area contributed by atoms with Crippen LogP contribution in [-0.2, 0) is 15.0 Å². The summed E-state index contributed by atoms with van der Waals surface area (Å²) in [5.41, 5.74) is 12.0. The van der Waals surface area contributed by atoms with Gasteiger partial charge in [-0.2, -0.15) is 8.42 Å². The molecular weight excluding hydrogens is 232 g/mol. The van der Waals surface area contributed by atoms with Crippen LogP contribution in [0, 0.1) is 0 Å². The van der Waals surface area contributed by atoms with Gasteiger partial charge >= 0.3 is 10.2 Å². The van der Waals surface area contributed by atoms with E-state index < -0.39 is 16.1 Å². The van der Waals surface area contributed by atoms with Crippen LogP contribution < -0.4 is 20.5 Å². The highest BCUT2D eigenvalue weighted by atomic mass is 32.2. The molecule has 0 atom stereocenters. The molecule has 8 heteroatoms. The number of amides is 1. The molecule has 1 fully saturated rings. The molecule has 1 amide bonds. The average molecular weight is 242 g/mol. The molecule has 0 saturated carbocycles. The molecule has 1 aliphatic heterocycles. The van der Waals surface area contributed by atoms with Crippen LogP contribution in [0.2, 0.25) is 0 Å². The van der Waals surface area contributed by atoms with E-state index in [0.717, 1.165) is 4.31 Å². The van der Waals surface area contributed by atoms with Crippen molar-refractivity contribution >= 4 is 33.2 Å². The van der Waals surface area contributed by atoms with E-state index >= 15 is 0 Å². The summed E-state index contributed by atoms with van der Waals surface area (Å²) in [6.45, 7) is -0.267. The third-order valence-electron chi connectivity index (χ3n) is 2.14. The minimum absolute atomic E-state index is 0.208. The van der Waals surface area contributed by atoms with E-state index in [1.807, 2.05) is 4.72 Å². The summed E-state index contributed by atoms with van der Waals surface area (Å²) in [4.78, 5) is 11.0. The van der Waals surface area contributed by atoms with Crippen molar-refractivity contribution in [1.29, 1.82) is 0 Å². The predicted molar refractivity (Wildman–Crippen MR) is 59.7 cm³/mol. The van der Waals surface area contributed by atoms with Crippen molar-refractivity contribution in [3.05, 3.63) is 18.2 Å². The van der Waals surface area contributed by atoms with Gasteiger partial charge in [0, 0.05) is 5.69 Å². The summed E-state index contributed by atoms with van der Waals surface area (Å²) in [5, 5.41) is 0. The van der Waals surface area contributed by atoms with E-state index in [0.29, 0.717) is 5.69 Å². The SMILES string of the molecule is Nc1ccc(N2CC(=O)NS2(=O)=O)c(N)c1. The van der Waals surface area contributed by atoms with Crippen LogP contribution in [0.5, 0.6) is 0 Å². The predicted octanol–water partition coefficient (Wildman–Crippen LogP) is -0.968. The molecule has 0 spiro atoms. The number of hydrogen-bond donors (Lipinski definition) is 3. The van der Waals surface area contributed by atoms with E-state index in [9.17, 15) is 13.2 Å². The Balaban J connectivity index is 2.49. The van der Waals surface area contributed by atoms with E-state index in [2.05, 4.69) is 0 Å². The number of nitrogens with zero attached hydrogens (tertiary/aromatic N) is 1. The molecule has 0 radical (unpaired) electrons. The van der Waals surface area contributed by atoms with Crippen molar-refractivity contribution in [2.24, 2.45) is 0 Å². The lowest BCUT2D eigenvalue weighted by molar-refractivity contribution is -0.117. The summed E-state index contributed by atoms with van der Waals surface area (Å²) in [6, 6.07) is 4.42. The van der Waals surface area contributed by atoms with E-state index in [-0.39, 0.29) is 17.9 Å². The van der Waals surface area contributed by atoms with Crippen molar-refractivity contribution in [2.75, 3.05) is 22.3 Å². The molecule has 1 heterocycles. The molecule has 1 saturated heterocycles. The smallest absolute Gasteiger partial charge is 0.326 e. The van der Waals surface area contributed by atoms with Crippen LogP contribution >= 0.6 is 0 Å². The largest absolute Gasteiger partial charge is 0.399 e. The van der Waals surface area contributed by atoms with Gasteiger partial charge in [-0.15, -0.1) is 0 Å². The van der Waals surface area contributed by atoms with Gasteiger partial charge in [-0.3, -0.25) is 4.79 Å². The minimum Gasteiger partial charge on any atom is -0.399 e. The Morgan fingerprint density at radius 2 is 2.00 bits per heavy atom.